The highest BCUT2D eigenvalue weighted by atomic mass is 16.1. The summed E-state index contributed by atoms with van der Waals surface area (Å²) in [4.78, 5) is 13.0. The van der Waals surface area contributed by atoms with Gasteiger partial charge in [0.05, 0.1) is 5.41 Å². The van der Waals surface area contributed by atoms with Crippen LogP contribution < -0.4 is 0 Å². The van der Waals surface area contributed by atoms with Crippen LogP contribution in [-0.4, -0.2) is 5.78 Å². The van der Waals surface area contributed by atoms with Gasteiger partial charge < -0.3 is 0 Å². The van der Waals surface area contributed by atoms with E-state index in [1.807, 2.05) is 6.92 Å². The van der Waals surface area contributed by atoms with Crippen LogP contribution in [0.4, 0.5) is 0 Å². The lowest BCUT2D eigenvalue weighted by atomic mass is 9.60. The molecule has 0 amide bonds. The Morgan fingerprint density at radius 1 is 0.826 bits per heavy atom. The first-order valence-corrected chi connectivity index (χ1v) is 10.00. The number of carbonyl (C=O) groups excluding carboxylic acids is 1. The highest BCUT2D eigenvalue weighted by Crippen LogP contribution is 2.48. The number of hydrogen-bond donors (Lipinski definition) is 0. The Bertz CT molecular complexity index is 423. The van der Waals surface area contributed by atoms with Gasteiger partial charge in [-0.3, -0.25) is 4.79 Å². The third kappa shape index (κ3) is 4.17. The summed E-state index contributed by atoms with van der Waals surface area (Å²) in [5, 5.41) is 0. The van der Waals surface area contributed by atoms with Crippen LogP contribution in [0.2, 0.25) is 0 Å². The maximum absolute atomic E-state index is 13.0. The van der Waals surface area contributed by atoms with E-state index in [0.717, 1.165) is 25.7 Å². The van der Waals surface area contributed by atoms with Crippen molar-refractivity contribution in [2.45, 2.75) is 97.8 Å². The molecule has 0 aromatic rings. The van der Waals surface area contributed by atoms with Crippen LogP contribution in [0.25, 0.3) is 0 Å². The monoisotopic (exact) mass is 316 g/mol. The van der Waals surface area contributed by atoms with Crippen molar-refractivity contribution in [2.75, 3.05) is 0 Å². The van der Waals surface area contributed by atoms with Crippen molar-refractivity contribution in [1.82, 2.24) is 0 Å². The topological polar surface area (TPSA) is 17.1 Å². The molecule has 0 aliphatic heterocycles. The molecule has 2 aliphatic rings. The van der Waals surface area contributed by atoms with Gasteiger partial charge in [-0.15, -0.1) is 0 Å². The highest BCUT2D eigenvalue weighted by Gasteiger charge is 2.44. The molecule has 1 nitrogen and oxygen atoms in total. The molecule has 0 heterocycles. The van der Waals surface area contributed by atoms with Crippen LogP contribution in [0.3, 0.4) is 0 Å². The van der Waals surface area contributed by atoms with Gasteiger partial charge in [-0.25, -0.2) is 0 Å². The van der Waals surface area contributed by atoms with Crippen LogP contribution in [0.5, 0.6) is 0 Å². The molecule has 0 spiro atoms. The smallest absolute Gasteiger partial charge is 0.144 e. The van der Waals surface area contributed by atoms with Crippen molar-refractivity contribution in [3.05, 3.63) is 23.3 Å². The quantitative estimate of drug-likeness (QED) is 0.522. The molecular formula is C22H36O. The van der Waals surface area contributed by atoms with Gasteiger partial charge in [0.25, 0.3) is 0 Å². The van der Waals surface area contributed by atoms with Crippen LogP contribution in [0, 0.1) is 11.3 Å². The summed E-state index contributed by atoms with van der Waals surface area (Å²) in [6.07, 6.45) is 19.9. The largest absolute Gasteiger partial charge is 0.299 e. The molecule has 0 radical (unpaired) electrons. The Hall–Kier alpha value is -0.850. The molecule has 130 valence electrons. The lowest BCUT2D eigenvalue weighted by molar-refractivity contribution is -0.125. The maximum Gasteiger partial charge on any atom is 0.144 e. The minimum Gasteiger partial charge on any atom is -0.299 e. The SMILES string of the molecule is CC(=O)C(C1=CCCCCCC1)(C1=CCCCCCC1)C(C)C. The normalized spacial score (nSPS) is 23.7. The Morgan fingerprint density at radius 3 is 1.65 bits per heavy atom. The van der Waals surface area contributed by atoms with Crippen molar-refractivity contribution in [3.8, 4) is 0 Å². The second kappa shape index (κ2) is 8.85. The molecule has 0 aromatic carbocycles. The maximum atomic E-state index is 13.0. The summed E-state index contributed by atoms with van der Waals surface area (Å²) in [6, 6.07) is 0. The van der Waals surface area contributed by atoms with Crippen molar-refractivity contribution < 1.29 is 4.79 Å². The molecule has 0 fully saturated rings. The zero-order valence-corrected chi connectivity index (χ0v) is 15.6. The Morgan fingerprint density at radius 2 is 1.26 bits per heavy atom. The third-order valence-electron chi connectivity index (χ3n) is 6.02. The summed E-state index contributed by atoms with van der Waals surface area (Å²) >= 11 is 0. The molecule has 0 N–H and O–H groups in total. The second-order valence-corrected chi connectivity index (χ2v) is 7.88. The van der Waals surface area contributed by atoms with Crippen molar-refractivity contribution >= 4 is 5.78 Å². The molecule has 23 heavy (non-hydrogen) atoms. The predicted molar refractivity (Wildman–Crippen MR) is 99.5 cm³/mol. The van der Waals surface area contributed by atoms with E-state index in [-0.39, 0.29) is 5.41 Å². The lowest BCUT2D eigenvalue weighted by Gasteiger charge is -2.41. The number of rotatable bonds is 4. The van der Waals surface area contributed by atoms with Crippen LogP contribution >= 0.6 is 0 Å². The van der Waals surface area contributed by atoms with Gasteiger partial charge in [0, 0.05) is 0 Å². The molecule has 0 saturated carbocycles. The molecule has 2 rings (SSSR count). The van der Waals surface area contributed by atoms with E-state index >= 15 is 0 Å². The first-order valence-electron chi connectivity index (χ1n) is 10.00. The van der Waals surface area contributed by atoms with Gasteiger partial charge in [-0.2, -0.15) is 0 Å². The average Bonchev–Trinajstić information content (AvgIpc) is 2.41. The molecule has 0 unspecified atom stereocenters. The van der Waals surface area contributed by atoms with E-state index in [1.54, 1.807) is 0 Å². The minimum atomic E-state index is -0.311. The first kappa shape index (κ1) is 18.5. The van der Waals surface area contributed by atoms with Gasteiger partial charge >= 0.3 is 0 Å². The predicted octanol–water partition coefficient (Wildman–Crippen LogP) is 6.78. The Balaban J connectivity index is 2.47. The van der Waals surface area contributed by atoms with E-state index < -0.39 is 0 Å². The summed E-state index contributed by atoms with van der Waals surface area (Å²) in [6.45, 7) is 6.38. The average molecular weight is 317 g/mol. The van der Waals surface area contributed by atoms with E-state index in [0.29, 0.717) is 11.7 Å². The Labute approximate surface area is 143 Å². The van der Waals surface area contributed by atoms with Crippen LogP contribution in [0.1, 0.15) is 97.8 Å². The van der Waals surface area contributed by atoms with Gasteiger partial charge in [-0.1, -0.05) is 62.8 Å². The van der Waals surface area contributed by atoms with E-state index in [9.17, 15) is 4.79 Å². The fourth-order valence-corrected chi connectivity index (χ4v) is 4.91. The molecule has 2 aliphatic carbocycles. The standard InChI is InChI=1S/C22H36O/c1-18(2)22(19(3)23,20-14-10-6-4-7-11-15-20)21-16-12-8-5-9-13-17-21/h14,16,18H,4-13,15,17H2,1-3H3. The molecule has 0 aromatic heterocycles. The van der Waals surface area contributed by atoms with Crippen molar-refractivity contribution in [3.63, 3.8) is 0 Å². The first-order chi connectivity index (χ1) is 11.1. The fourth-order valence-electron chi connectivity index (χ4n) is 4.91. The number of carbonyl (C=O) groups is 1. The number of Topliss-reactive ketones (excluding diaryl/α,β-unsaturated/α-hetero) is 1. The Kier molecular flexibility index (Phi) is 7.11. The molecular weight excluding hydrogens is 280 g/mol. The molecule has 0 atom stereocenters. The number of ketones is 1. The summed E-state index contributed by atoms with van der Waals surface area (Å²) < 4.78 is 0. The van der Waals surface area contributed by atoms with Gasteiger partial charge in [0.1, 0.15) is 5.78 Å². The highest BCUT2D eigenvalue weighted by molar-refractivity contribution is 5.89. The van der Waals surface area contributed by atoms with Gasteiger partial charge in [0.15, 0.2) is 0 Å². The lowest BCUT2D eigenvalue weighted by Crippen LogP contribution is -2.39. The zero-order valence-electron chi connectivity index (χ0n) is 15.6. The zero-order chi connectivity index (χ0) is 16.7. The van der Waals surface area contributed by atoms with Crippen LogP contribution in [-0.2, 0) is 4.79 Å². The van der Waals surface area contributed by atoms with Crippen molar-refractivity contribution in [1.29, 1.82) is 0 Å². The van der Waals surface area contributed by atoms with Gasteiger partial charge in [-0.05, 0) is 64.2 Å². The van der Waals surface area contributed by atoms with E-state index in [1.165, 1.54) is 62.5 Å². The summed E-state index contributed by atoms with van der Waals surface area (Å²) in [5.41, 5.74) is 2.59. The van der Waals surface area contributed by atoms with E-state index in [4.69, 9.17) is 0 Å². The minimum absolute atomic E-state index is 0.311. The van der Waals surface area contributed by atoms with E-state index in [2.05, 4.69) is 26.0 Å². The summed E-state index contributed by atoms with van der Waals surface area (Å²) in [5.74, 6) is 0.738. The molecule has 0 saturated heterocycles. The number of hydrogen-bond acceptors (Lipinski definition) is 1. The molecule has 1 heteroatoms. The second-order valence-electron chi connectivity index (χ2n) is 7.88. The number of allylic oxidation sites excluding steroid dienone is 4. The third-order valence-corrected chi connectivity index (χ3v) is 6.02. The molecule has 0 bridgehead atoms. The summed E-state index contributed by atoms with van der Waals surface area (Å²) in [7, 11) is 0. The fraction of sp³-hybridized carbons (Fsp3) is 0.773. The van der Waals surface area contributed by atoms with Crippen LogP contribution in [0.15, 0.2) is 23.3 Å². The van der Waals surface area contributed by atoms with Gasteiger partial charge in [0.2, 0.25) is 0 Å². The van der Waals surface area contributed by atoms with Crippen molar-refractivity contribution in [2.24, 2.45) is 11.3 Å².